The van der Waals surface area contributed by atoms with Crippen LogP contribution in [-0.4, -0.2) is 6.54 Å². The van der Waals surface area contributed by atoms with Crippen molar-refractivity contribution in [2.75, 3.05) is 6.54 Å². The van der Waals surface area contributed by atoms with Crippen molar-refractivity contribution >= 4 is 0 Å². The Hall–Kier alpha value is -1.26. The predicted octanol–water partition coefficient (Wildman–Crippen LogP) is 3.24. The topological polar surface area (TPSA) is 12.0 Å². The van der Waals surface area contributed by atoms with E-state index in [1.807, 2.05) is 6.92 Å². The monoisotopic (exact) mass is 213 g/mol. The minimum absolute atomic E-state index is 0.494. The molecule has 0 amide bonds. The number of nitrogens with one attached hydrogen (secondary N) is 1. The van der Waals surface area contributed by atoms with E-state index in [9.17, 15) is 0 Å². The predicted molar refractivity (Wildman–Crippen MR) is 68.3 cm³/mol. The number of hydrogen-bond donors (Lipinski definition) is 1. The molecule has 2 atom stereocenters. The molecule has 2 rings (SSSR count). The van der Waals surface area contributed by atoms with Crippen LogP contribution in [0.4, 0.5) is 0 Å². The SMILES string of the molecule is CC#CCNC1CCC(C)c2ccccc21. The Morgan fingerprint density at radius 2 is 2.00 bits per heavy atom. The molecule has 0 spiro atoms. The minimum atomic E-state index is 0.494. The van der Waals surface area contributed by atoms with E-state index in [0.717, 1.165) is 6.54 Å². The largest absolute Gasteiger partial charge is 0.299 e. The lowest BCUT2D eigenvalue weighted by Crippen LogP contribution is -2.26. The summed E-state index contributed by atoms with van der Waals surface area (Å²) >= 11 is 0. The molecule has 1 heteroatoms. The van der Waals surface area contributed by atoms with Crippen LogP contribution in [0.1, 0.15) is 49.8 Å². The third-order valence-corrected chi connectivity index (χ3v) is 3.40. The van der Waals surface area contributed by atoms with Gasteiger partial charge in [0.15, 0.2) is 0 Å². The van der Waals surface area contributed by atoms with Gasteiger partial charge in [-0.2, -0.15) is 0 Å². The van der Waals surface area contributed by atoms with E-state index in [4.69, 9.17) is 0 Å². The molecule has 0 heterocycles. The molecule has 0 fully saturated rings. The molecular weight excluding hydrogens is 194 g/mol. The van der Waals surface area contributed by atoms with E-state index >= 15 is 0 Å². The molecule has 16 heavy (non-hydrogen) atoms. The maximum absolute atomic E-state index is 3.53. The normalized spacial score (nSPS) is 23.1. The lowest BCUT2D eigenvalue weighted by atomic mass is 9.81. The second-order valence-corrected chi connectivity index (χ2v) is 4.47. The van der Waals surface area contributed by atoms with E-state index in [2.05, 4.69) is 48.3 Å². The summed E-state index contributed by atoms with van der Waals surface area (Å²) in [5.74, 6) is 6.70. The van der Waals surface area contributed by atoms with E-state index in [1.165, 1.54) is 24.0 Å². The number of rotatable bonds is 2. The van der Waals surface area contributed by atoms with Crippen molar-refractivity contribution in [3.8, 4) is 11.8 Å². The fourth-order valence-corrected chi connectivity index (χ4v) is 2.48. The fraction of sp³-hybridized carbons (Fsp3) is 0.467. The minimum Gasteiger partial charge on any atom is -0.299 e. The van der Waals surface area contributed by atoms with Crippen molar-refractivity contribution in [1.29, 1.82) is 0 Å². The summed E-state index contributed by atoms with van der Waals surface area (Å²) in [6, 6.07) is 9.29. The summed E-state index contributed by atoms with van der Waals surface area (Å²) in [4.78, 5) is 0. The van der Waals surface area contributed by atoms with Crippen LogP contribution in [0.25, 0.3) is 0 Å². The van der Waals surface area contributed by atoms with Crippen LogP contribution in [0.3, 0.4) is 0 Å². The third-order valence-electron chi connectivity index (χ3n) is 3.40. The molecule has 84 valence electrons. The first-order chi connectivity index (χ1) is 7.83. The van der Waals surface area contributed by atoms with Gasteiger partial charge in [-0.3, -0.25) is 5.32 Å². The summed E-state index contributed by atoms with van der Waals surface area (Å²) in [6.45, 7) is 5.00. The van der Waals surface area contributed by atoms with Crippen molar-refractivity contribution in [3.05, 3.63) is 35.4 Å². The molecule has 1 aliphatic carbocycles. The third kappa shape index (κ3) is 2.28. The van der Waals surface area contributed by atoms with E-state index in [1.54, 1.807) is 0 Å². The highest BCUT2D eigenvalue weighted by Gasteiger charge is 2.23. The van der Waals surface area contributed by atoms with Gasteiger partial charge in [-0.1, -0.05) is 37.1 Å². The molecule has 0 aromatic heterocycles. The maximum atomic E-state index is 3.53. The molecular formula is C15H19N. The molecule has 1 aromatic carbocycles. The summed E-state index contributed by atoms with van der Waals surface area (Å²) in [5.41, 5.74) is 2.98. The number of fused-ring (bicyclic) bond motifs is 1. The molecule has 0 radical (unpaired) electrons. The van der Waals surface area contributed by atoms with Gasteiger partial charge < -0.3 is 0 Å². The van der Waals surface area contributed by atoms with Crippen LogP contribution in [0.15, 0.2) is 24.3 Å². The Morgan fingerprint density at radius 1 is 1.25 bits per heavy atom. The van der Waals surface area contributed by atoms with Crippen LogP contribution < -0.4 is 5.32 Å². The van der Waals surface area contributed by atoms with Crippen LogP contribution in [0.5, 0.6) is 0 Å². The van der Waals surface area contributed by atoms with Crippen molar-refractivity contribution in [1.82, 2.24) is 5.32 Å². The van der Waals surface area contributed by atoms with Gasteiger partial charge >= 0.3 is 0 Å². The Balaban J connectivity index is 2.16. The van der Waals surface area contributed by atoms with E-state index in [-0.39, 0.29) is 0 Å². The highest BCUT2D eigenvalue weighted by atomic mass is 14.9. The van der Waals surface area contributed by atoms with Crippen LogP contribution in [-0.2, 0) is 0 Å². The lowest BCUT2D eigenvalue weighted by molar-refractivity contribution is 0.449. The highest BCUT2D eigenvalue weighted by molar-refractivity contribution is 5.35. The van der Waals surface area contributed by atoms with Gasteiger partial charge in [0.05, 0.1) is 6.54 Å². The first-order valence-corrected chi connectivity index (χ1v) is 6.04. The Kier molecular flexibility index (Phi) is 3.64. The van der Waals surface area contributed by atoms with Gasteiger partial charge in [0.1, 0.15) is 0 Å². The second kappa shape index (κ2) is 5.18. The van der Waals surface area contributed by atoms with Gasteiger partial charge in [0.25, 0.3) is 0 Å². The zero-order valence-electron chi connectivity index (χ0n) is 10.1. The number of hydrogen-bond acceptors (Lipinski definition) is 1. The van der Waals surface area contributed by atoms with E-state index in [0.29, 0.717) is 12.0 Å². The molecule has 1 aromatic rings. The Morgan fingerprint density at radius 3 is 2.75 bits per heavy atom. The van der Waals surface area contributed by atoms with Crippen LogP contribution in [0, 0.1) is 11.8 Å². The first kappa shape index (κ1) is 11.2. The van der Waals surface area contributed by atoms with Gasteiger partial charge in [-0.25, -0.2) is 0 Å². The quantitative estimate of drug-likeness (QED) is 0.744. The average molecular weight is 213 g/mol. The van der Waals surface area contributed by atoms with Crippen molar-refractivity contribution < 1.29 is 0 Å². The van der Waals surface area contributed by atoms with Gasteiger partial charge in [0, 0.05) is 6.04 Å². The first-order valence-electron chi connectivity index (χ1n) is 6.04. The van der Waals surface area contributed by atoms with Crippen molar-refractivity contribution in [2.45, 2.75) is 38.6 Å². The molecule has 0 aliphatic heterocycles. The maximum Gasteiger partial charge on any atom is 0.0581 e. The molecule has 2 unspecified atom stereocenters. The molecule has 0 bridgehead atoms. The molecule has 1 N–H and O–H groups in total. The number of benzene rings is 1. The van der Waals surface area contributed by atoms with Gasteiger partial charge in [-0.05, 0) is 36.8 Å². The van der Waals surface area contributed by atoms with Crippen LogP contribution in [0.2, 0.25) is 0 Å². The zero-order chi connectivity index (χ0) is 11.4. The highest BCUT2D eigenvalue weighted by Crippen LogP contribution is 2.36. The van der Waals surface area contributed by atoms with Gasteiger partial charge in [0.2, 0.25) is 0 Å². The molecule has 1 nitrogen and oxygen atoms in total. The average Bonchev–Trinajstić information content (AvgIpc) is 2.33. The fourth-order valence-electron chi connectivity index (χ4n) is 2.48. The molecule has 1 aliphatic rings. The lowest BCUT2D eigenvalue weighted by Gasteiger charge is -2.30. The molecule has 0 saturated heterocycles. The summed E-state index contributed by atoms with van der Waals surface area (Å²) < 4.78 is 0. The Bertz CT molecular complexity index is 411. The standard InChI is InChI=1S/C15H19N/c1-3-4-11-16-15-10-9-12(2)13-7-5-6-8-14(13)15/h5-8,12,15-16H,9-11H2,1-2H3. The zero-order valence-corrected chi connectivity index (χ0v) is 10.1. The van der Waals surface area contributed by atoms with E-state index < -0.39 is 0 Å². The van der Waals surface area contributed by atoms with Crippen LogP contribution >= 0.6 is 0 Å². The summed E-state index contributed by atoms with van der Waals surface area (Å²) in [7, 11) is 0. The Labute approximate surface area is 98.3 Å². The van der Waals surface area contributed by atoms with Crippen molar-refractivity contribution in [3.63, 3.8) is 0 Å². The summed E-state index contributed by atoms with van der Waals surface area (Å²) in [6.07, 6.45) is 2.50. The second-order valence-electron chi connectivity index (χ2n) is 4.47. The molecule has 0 saturated carbocycles. The smallest absolute Gasteiger partial charge is 0.0581 e. The summed E-state index contributed by atoms with van der Waals surface area (Å²) in [5, 5.41) is 3.53. The van der Waals surface area contributed by atoms with Crippen molar-refractivity contribution in [2.24, 2.45) is 0 Å². The van der Waals surface area contributed by atoms with Gasteiger partial charge in [-0.15, -0.1) is 5.92 Å².